The van der Waals surface area contributed by atoms with Gasteiger partial charge in [-0.15, -0.1) is 0 Å². The topological polar surface area (TPSA) is 62.5 Å². The molecular formula is C27H20Cl2N2O3. The Morgan fingerprint density at radius 2 is 1.59 bits per heavy atom. The summed E-state index contributed by atoms with van der Waals surface area (Å²) in [6.07, 6.45) is 3.36. The Bertz CT molecular complexity index is 1380. The molecule has 7 heteroatoms. The lowest BCUT2D eigenvalue weighted by Gasteiger charge is -2.23. The van der Waals surface area contributed by atoms with Gasteiger partial charge in [0.2, 0.25) is 0 Å². The maximum absolute atomic E-state index is 13.5. The minimum absolute atomic E-state index is 0.226. The minimum Gasteiger partial charge on any atom is -0.375 e. The molecule has 0 spiro atoms. The smallest absolute Gasteiger partial charge is 0.264 e. The zero-order valence-corrected chi connectivity index (χ0v) is 19.5. The van der Waals surface area contributed by atoms with Gasteiger partial charge in [0, 0.05) is 39.3 Å². The van der Waals surface area contributed by atoms with Crippen LogP contribution in [0.4, 0.5) is 5.69 Å². The number of aliphatic hydroxyl groups is 1. The second kappa shape index (κ2) is 8.76. The maximum atomic E-state index is 13.5. The second-order valence-electron chi connectivity index (χ2n) is 8.28. The van der Waals surface area contributed by atoms with E-state index in [4.69, 9.17) is 23.2 Å². The number of hydrogen-bond donors (Lipinski definition) is 1. The number of ketones is 1. The molecule has 1 aliphatic heterocycles. The largest absolute Gasteiger partial charge is 0.375 e. The van der Waals surface area contributed by atoms with Gasteiger partial charge in [0.05, 0.1) is 18.7 Å². The van der Waals surface area contributed by atoms with Crippen molar-refractivity contribution in [3.05, 3.63) is 118 Å². The van der Waals surface area contributed by atoms with E-state index in [-0.39, 0.29) is 12.3 Å². The quantitative estimate of drug-likeness (QED) is 0.347. The first kappa shape index (κ1) is 22.4. The summed E-state index contributed by atoms with van der Waals surface area (Å²) in [6, 6.07) is 22.9. The molecule has 0 fully saturated rings. The van der Waals surface area contributed by atoms with Gasteiger partial charge in [-0.25, -0.2) is 0 Å². The number of benzene rings is 3. The van der Waals surface area contributed by atoms with Gasteiger partial charge in [0.15, 0.2) is 11.4 Å². The predicted octanol–water partition coefficient (Wildman–Crippen LogP) is 5.79. The molecule has 2 heterocycles. The van der Waals surface area contributed by atoms with Crippen molar-refractivity contribution >= 4 is 40.6 Å². The van der Waals surface area contributed by atoms with Crippen molar-refractivity contribution in [2.45, 2.75) is 18.6 Å². The van der Waals surface area contributed by atoms with Gasteiger partial charge in [-0.3, -0.25) is 9.59 Å². The van der Waals surface area contributed by atoms with E-state index >= 15 is 0 Å². The van der Waals surface area contributed by atoms with Crippen LogP contribution in [0.1, 0.15) is 27.9 Å². The van der Waals surface area contributed by atoms with E-state index in [2.05, 4.69) is 0 Å². The molecular weight excluding hydrogens is 471 g/mol. The predicted molar refractivity (Wildman–Crippen MR) is 133 cm³/mol. The van der Waals surface area contributed by atoms with E-state index in [1.165, 1.54) is 4.90 Å². The number of fused-ring (bicyclic) bond motifs is 1. The lowest BCUT2D eigenvalue weighted by atomic mass is 9.88. The van der Waals surface area contributed by atoms with Crippen LogP contribution in [-0.2, 0) is 16.9 Å². The molecule has 0 bridgehead atoms. The fraction of sp³-hybridized carbons (Fsp3) is 0.111. The van der Waals surface area contributed by atoms with Crippen LogP contribution in [0.2, 0.25) is 10.0 Å². The molecule has 0 saturated heterocycles. The van der Waals surface area contributed by atoms with Crippen LogP contribution >= 0.6 is 23.2 Å². The summed E-state index contributed by atoms with van der Waals surface area (Å²) in [4.78, 5) is 28.3. The van der Waals surface area contributed by atoms with E-state index in [9.17, 15) is 14.7 Å². The highest BCUT2D eigenvalue weighted by molar-refractivity contribution is 6.31. The van der Waals surface area contributed by atoms with Crippen molar-refractivity contribution in [1.82, 2.24) is 4.57 Å². The number of carbonyl (C=O) groups is 2. The van der Waals surface area contributed by atoms with Crippen molar-refractivity contribution in [2.75, 3.05) is 4.90 Å². The number of aromatic nitrogens is 1. The standard InChI is InChI=1S/C27H20Cl2N2O3/c28-20-8-6-18(7-9-20)17-31-24-11-10-21(29)15-23(24)27(34,26(31)33)16-25(32)19-4-3-5-22(14-19)30-12-1-2-13-30/h1-15,34H,16-17H2/t27-/m1/s1. The summed E-state index contributed by atoms with van der Waals surface area (Å²) in [5, 5.41) is 12.6. The Labute approximate surface area is 206 Å². The highest BCUT2D eigenvalue weighted by Crippen LogP contribution is 2.44. The Morgan fingerprint density at radius 1 is 0.882 bits per heavy atom. The van der Waals surface area contributed by atoms with Gasteiger partial charge in [-0.2, -0.15) is 0 Å². The van der Waals surface area contributed by atoms with Gasteiger partial charge in [-0.1, -0.05) is 47.5 Å². The zero-order chi connectivity index (χ0) is 23.9. The van der Waals surface area contributed by atoms with Crippen molar-refractivity contribution in [3.8, 4) is 5.69 Å². The minimum atomic E-state index is -2.02. The van der Waals surface area contributed by atoms with E-state index in [0.717, 1.165) is 11.3 Å². The molecule has 1 atom stereocenters. The Balaban J connectivity index is 1.48. The van der Waals surface area contributed by atoms with Gasteiger partial charge >= 0.3 is 0 Å². The molecule has 34 heavy (non-hydrogen) atoms. The monoisotopic (exact) mass is 490 g/mol. The zero-order valence-electron chi connectivity index (χ0n) is 18.0. The Hall–Kier alpha value is -3.38. The first-order chi connectivity index (χ1) is 16.3. The van der Waals surface area contributed by atoms with Gasteiger partial charge < -0.3 is 14.6 Å². The number of rotatable bonds is 6. The number of hydrogen-bond acceptors (Lipinski definition) is 3. The molecule has 5 rings (SSSR count). The average Bonchev–Trinajstić information content (AvgIpc) is 3.44. The normalized spacial score (nSPS) is 17.1. The molecule has 1 aliphatic rings. The molecule has 0 saturated carbocycles. The molecule has 1 amide bonds. The maximum Gasteiger partial charge on any atom is 0.264 e. The van der Waals surface area contributed by atoms with Crippen LogP contribution in [0.3, 0.4) is 0 Å². The molecule has 1 N–H and O–H groups in total. The van der Waals surface area contributed by atoms with Crippen LogP contribution in [0, 0.1) is 0 Å². The molecule has 170 valence electrons. The first-order valence-electron chi connectivity index (χ1n) is 10.7. The van der Waals surface area contributed by atoms with Crippen LogP contribution in [0.5, 0.6) is 0 Å². The Kier molecular flexibility index (Phi) is 5.78. The lowest BCUT2D eigenvalue weighted by Crippen LogP contribution is -2.41. The average molecular weight is 491 g/mol. The van der Waals surface area contributed by atoms with E-state index in [1.807, 2.05) is 47.3 Å². The third-order valence-electron chi connectivity index (χ3n) is 6.03. The number of nitrogens with zero attached hydrogens (tertiary/aromatic N) is 2. The molecule has 0 radical (unpaired) electrons. The summed E-state index contributed by atoms with van der Waals surface area (Å²) >= 11 is 12.2. The summed E-state index contributed by atoms with van der Waals surface area (Å²) in [5.41, 5.74) is 0.900. The summed E-state index contributed by atoms with van der Waals surface area (Å²) < 4.78 is 1.88. The van der Waals surface area contributed by atoms with E-state index in [1.54, 1.807) is 48.5 Å². The van der Waals surface area contributed by atoms with Crippen LogP contribution in [-0.4, -0.2) is 21.4 Å². The van der Waals surface area contributed by atoms with E-state index < -0.39 is 17.9 Å². The highest BCUT2D eigenvalue weighted by atomic mass is 35.5. The number of Topliss-reactive ketones (excluding diaryl/α,β-unsaturated/α-hetero) is 1. The molecule has 5 nitrogen and oxygen atoms in total. The fourth-order valence-corrected chi connectivity index (χ4v) is 4.60. The molecule has 3 aromatic carbocycles. The summed E-state index contributed by atoms with van der Waals surface area (Å²) in [5.74, 6) is -0.904. The molecule has 1 aromatic heterocycles. The van der Waals surface area contributed by atoms with Crippen LogP contribution in [0.15, 0.2) is 91.3 Å². The van der Waals surface area contributed by atoms with E-state index in [0.29, 0.717) is 26.9 Å². The van der Waals surface area contributed by atoms with Crippen LogP contribution < -0.4 is 4.90 Å². The summed E-state index contributed by atoms with van der Waals surface area (Å²) in [7, 11) is 0. The number of amides is 1. The number of carbonyl (C=O) groups excluding carboxylic acids is 2. The third-order valence-corrected chi connectivity index (χ3v) is 6.52. The van der Waals surface area contributed by atoms with Gasteiger partial charge in [0.25, 0.3) is 5.91 Å². The lowest BCUT2D eigenvalue weighted by molar-refractivity contribution is -0.136. The first-order valence-corrected chi connectivity index (χ1v) is 11.5. The number of halogens is 2. The SMILES string of the molecule is O=C(C[C@]1(O)C(=O)N(Cc2ccc(Cl)cc2)c2ccc(Cl)cc21)c1cccc(-n2cccc2)c1. The van der Waals surface area contributed by atoms with Gasteiger partial charge in [0.1, 0.15) is 0 Å². The van der Waals surface area contributed by atoms with Gasteiger partial charge in [-0.05, 0) is 60.2 Å². The highest BCUT2D eigenvalue weighted by Gasteiger charge is 2.51. The second-order valence-corrected chi connectivity index (χ2v) is 9.15. The fourth-order valence-electron chi connectivity index (χ4n) is 4.30. The van der Waals surface area contributed by atoms with Crippen molar-refractivity contribution in [3.63, 3.8) is 0 Å². The van der Waals surface area contributed by atoms with Crippen molar-refractivity contribution < 1.29 is 14.7 Å². The van der Waals surface area contributed by atoms with Crippen molar-refractivity contribution in [1.29, 1.82) is 0 Å². The molecule has 4 aromatic rings. The third kappa shape index (κ3) is 4.03. The molecule has 0 aliphatic carbocycles. The molecule has 0 unspecified atom stereocenters. The number of anilines is 1. The summed E-state index contributed by atoms with van der Waals surface area (Å²) in [6.45, 7) is 0.226. The van der Waals surface area contributed by atoms with Crippen LogP contribution in [0.25, 0.3) is 5.69 Å². The van der Waals surface area contributed by atoms with Crippen molar-refractivity contribution in [2.24, 2.45) is 0 Å². The Morgan fingerprint density at radius 3 is 2.32 bits per heavy atom.